The molecule has 2 aromatic carbocycles. The van der Waals surface area contributed by atoms with Crippen LogP contribution in [0.25, 0.3) is 33.8 Å². The van der Waals surface area contributed by atoms with Crippen molar-refractivity contribution in [1.82, 2.24) is 15.0 Å². The van der Waals surface area contributed by atoms with Crippen LogP contribution in [-0.2, 0) is 12.4 Å². The first-order chi connectivity index (χ1) is 16.4. The second-order valence-corrected chi connectivity index (χ2v) is 7.35. The molecule has 4 rings (SSSR count). The monoisotopic (exact) mass is 489 g/mol. The van der Waals surface area contributed by atoms with Crippen LogP contribution in [0.1, 0.15) is 21.7 Å². The molecule has 0 aliphatic carbocycles. The number of aromatic nitrogens is 3. The average molecular weight is 489 g/mol. The predicted molar refractivity (Wildman–Crippen MR) is 113 cm³/mol. The fourth-order valence-electron chi connectivity index (χ4n) is 3.23. The number of nitrogens with zero attached hydrogens (tertiary/aromatic N) is 3. The van der Waals surface area contributed by atoms with Crippen LogP contribution in [0.4, 0.5) is 26.3 Å². The lowest BCUT2D eigenvalue weighted by Crippen LogP contribution is -2.11. The Morgan fingerprint density at radius 3 is 1.89 bits per heavy atom. The lowest BCUT2D eigenvalue weighted by Gasteiger charge is -2.12. The van der Waals surface area contributed by atoms with Crippen LogP contribution >= 0.6 is 0 Å². The molecule has 0 radical (unpaired) electrons. The molecule has 0 saturated carbocycles. The smallest absolute Gasteiger partial charge is 0.433 e. The van der Waals surface area contributed by atoms with Gasteiger partial charge >= 0.3 is 18.3 Å². The van der Waals surface area contributed by atoms with Crippen LogP contribution in [0.3, 0.4) is 0 Å². The summed E-state index contributed by atoms with van der Waals surface area (Å²) in [5, 5.41) is 9.04. The van der Waals surface area contributed by atoms with Gasteiger partial charge in [-0.15, -0.1) is 0 Å². The molecule has 0 atom stereocenters. The highest BCUT2D eigenvalue weighted by Crippen LogP contribution is 2.34. The van der Waals surface area contributed by atoms with Crippen molar-refractivity contribution in [2.75, 3.05) is 0 Å². The summed E-state index contributed by atoms with van der Waals surface area (Å²) in [5.74, 6) is -1.40. The Balaban J connectivity index is 1.78. The first kappa shape index (κ1) is 23.9. The van der Waals surface area contributed by atoms with Gasteiger partial charge in [0.15, 0.2) is 5.82 Å². The summed E-state index contributed by atoms with van der Waals surface area (Å²) in [7, 11) is 0. The van der Waals surface area contributed by atoms with Crippen LogP contribution in [0.5, 0.6) is 0 Å². The number of halogens is 6. The van der Waals surface area contributed by atoms with E-state index >= 15 is 0 Å². The molecule has 5 nitrogen and oxygen atoms in total. The normalized spacial score (nSPS) is 11.9. The second kappa shape index (κ2) is 8.82. The number of carboxylic acids is 1. The quantitative estimate of drug-likeness (QED) is 0.327. The zero-order valence-electron chi connectivity index (χ0n) is 17.4. The molecule has 1 N–H and O–H groups in total. The van der Waals surface area contributed by atoms with E-state index in [-0.39, 0.29) is 28.2 Å². The highest BCUT2D eigenvalue weighted by Gasteiger charge is 2.35. The predicted octanol–water partition coefficient (Wildman–Crippen LogP) is 6.61. The van der Waals surface area contributed by atoms with Gasteiger partial charge in [-0.1, -0.05) is 30.3 Å². The average Bonchev–Trinajstić information content (AvgIpc) is 2.83. The number of pyridine rings is 1. The molecule has 0 bridgehead atoms. The maximum absolute atomic E-state index is 13.5. The Bertz CT molecular complexity index is 1380. The third kappa shape index (κ3) is 5.29. The molecule has 0 saturated heterocycles. The standard InChI is InChI=1S/C24H13F6N3O2/c25-23(26,27)19-9-8-17(12-31-19)18-11-20(24(28,29)30)33-21(32-18)16-3-1-2-15(10-16)13-4-6-14(7-5-13)22(34)35/h1-12H,(H,34,35). The summed E-state index contributed by atoms with van der Waals surface area (Å²) in [6.07, 6.45) is -8.73. The van der Waals surface area contributed by atoms with Gasteiger partial charge in [-0.05, 0) is 47.5 Å². The number of alkyl halides is 6. The first-order valence-electron chi connectivity index (χ1n) is 9.86. The van der Waals surface area contributed by atoms with Crippen molar-refractivity contribution in [3.05, 3.63) is 89.9 Å². The maximum Gasteiger partial charge on any atom is 0.433 e. The number of carbonyl (C=O) groups is 1. The van der Waals surface area contributed by atoms with Gasteiger partial charge in [0.05, 0.1) is 11.3 Å². The molecule has 0 unspecified atom stereocenters. The Labute approximate surface area is 193 Å². The lowest BCUT2D eigenvalue weighted by atomic mass is 10.0. The number of hydrogen-bond donors (Lipinski definition) is 1. The number of hydrogen-bond acceptors (Lipinski definition) is 4. The van der Waals surface area contributed by atoms with E-state index in [1.165, 1.54) is 24.3 Å². The minimum atomic E-state index is -4.84. The van der Waals surface area contributed by atoms with Gasteiger partial charge in [0.2, 0.25) is 0 Å². The Hall–Kier alpha value is -4.28. The minimum absolute atomic E-state index is 0.0486. The maximum atomic E-state index is 13.5. The zero-order valence-corrected chi connectivity index (χ0v) is 17.4. The summed E-state index contributed by atoms with van der Waals surface area (Å²) in [6.45, 7) is 0. The number of rotatable bonds is 4. The fraction of sp³-hybridized carbons (Fsp3) is 0.0833. The molecule has 11 heteroatoms. The third-order valence-corrected chi connectivity index (χ3v) is 4.95. The Morgan fingerprint density at radius 2 is 1.31 bits per heavy atom. The molecule has 0 aliphatic rings. The van der Waals surface area contributed by atoms with E-state index in [0.29, 0.717) is 23.3 Å². The van der Waals surface area contributed by atoms with Crippen molar-refractivity contribution >= 4 is 5.97 Å². The number of aromatic carboxylic acids is 1. The summed E-state index contributed by atoms with van der Waals surface area (Å²) >= 11 is 0. The fourth-order valence-corrected chi connectivity index (χ4v) is 3.23. The molecular weight excluding hydrogens is 476 g/mol. The van der Waals surface area contributed by atoms with E-state index in [4.69, 9.17) is 5.11 Å². The van der Waals surface area contributed by atoms with Crippen LogP contribution in [0.2, 0.25) is 0 Å². The van der Waals surface area contributed by atoms with Crippen LogP contribution in [-0.4, -0.2) is 26.0 Å². The van der Waals surface area contributed by atoms with Crippen molar-refractivity contribution in [2.45, 2.75) is 12.4 Å². The summed E-state index contributed by atoms with van der Waals surface area (Å²) < 4.78 is 79.0. The molecule has 35 heavy (non-hydrogen) atoms. The molecule has 2 aromatic heterocycles. The van der Waals surface area contributed by atoms with Crippen LogP contribution in [0, 0.1) is 0 Å². The molecule has 2 heterocycles. The van der Waals surface area contributed by atoms with E-state index in [1.807, 2.05) is 0 Å². The molecule has 0 spiro atoms. The molecule has 0 aliphatic heterocycles. The van der Waals surface area contributed by atoms with Gasteiger partial charge in [0.1, 0.15) is 11.4 Å². The van der Waals surface area contributed by atoms with Gasteiger partial charge in [-0.25, -0.2) is 14.8 Å². The summed E-state index contributed by atoms with van der Waals surface area (Å²) in [4.78, 5) is 22.1. The lowest BCUT2D eigenvalue weighted by molar-refractivity contribution is -0.141. The highest BCUT2D eigenvalue weighted by atomic mass is 19.4. The van der Waals surface area contributed by atoms with E-state index in [2.05, 4.69) is 15.0 Å². The molecule has 178 valence electrons. The van der Waals surface area contributed by atoms with Crippen LogP contribution < -0.4 is 0 Å². The van der Waals surface area contributed by atoms with Crippen molar-refractivity contribution in [2.24, 2.45) is 0 Å². The van der Waals surface area contributed by atoms with Crippen molar-refractivity contribution in [3.8, 4) is 33.8 Å². The number of benzene rings is 2. The van der Waals surface area contributed by atoms with Gasteiger partial charge in [0.25, 0.3) is 0 Å². The van der Waals surface area contributed by atoms with E-state index in [9.17, 15) is 31.1 Å². The van der Waals surface area contributed by atoms with E-state index in [0.717, 1.165) is 12.3 Å². The topological polar surface area (TPSA) is 76.0 Å². The largest absolute Gasteiger partial charge is 0.478 e. The third-order valence-electron chi connectivity index (χ3n) is 4.95. The van der Waals surface area contributed by atoms with Gasteiger partial charge in [-0.2, -0.15) is 26.3 Å². The van der Waals surface area contributed by atoms with Crippen molar-refractivity contribution < 1.29 is 36.2 Å². The summed E-state index contributed by atoms with van der Waals surface area (Å²) in [5.41, 5.74) is -1.29. The van der Waals surface area contributed by atoms with Gasteiger partial charge in [0, 0.05) is 17.3 Å². The van der Waals surface area contributed by atoms with E-state index < -0.39 is 29.7 Å². The molecule has 4 aromatic rings. The van der Waals surface area contributed by atoms with Gasteiger partial charge < -0.3 is 5.11 Å². The first-order valence-corrected chi connectivity index (χ1v) is 9.86. The Kier molecular flexibility index (Phi) is 6.01. The van der Waals surface area contributed by atoms with Crippen molar-refractivity contribution in [1.29, 1.82) is 0 Å². The van der Waals surface area contributed by atoms with Crippen LogP contribution in [0.15, 0.2) is 72.9 Å². The summed E-state index contributed by atoms with van der Waals surface area (Å²) in [6, 6.07) is 14.4. The molecule has 0 fully saturated rings. The van der Waals surface area contributed by atoms with Crippen molar-refractivity contribution in [3.63, 3.8) is 0 Å². The Morgan fingerprint density at radius 1 is 0.686 bits per heavy atom. The highest BCUT2D eigenvalue weighted by molar-refractivity contribution is 5.88. The second-order valence-electron chi connectivity index (χ2n) is 7.35. The zero-order chi connectivity index (χ0) is 25.4. The minimum Gasteiger partial charge on any atom is -0.478 e. The number of carboxylic acid groups (broad SMARTS) is 1. The molecule has 0 amide bonds. The molecular formula is C24H13F6N3O2. The van der Waals surface area contributed by atoms with E-state index in [1.54, 1.807) is 24.3 Å². The van der Waals surface area contributed by atoms with Gasteiger partial charge in [-0.3, -0.25) is 4.98 Å². The SMILES string of the molecule is O=C(O)c1ccc(-c2cccc(-c3nc(-c4ccc(C(F)(F)F)nc4)cc(C(F)(F)F)n3)c2)cc1.